The molecule has 0 aromatic rings. The molecule has 56 valence electrons. The van der Waals surface area contributed by atoms with E-state index in [9.17, 15) is 9.59 Å². The molecule has 0 N–H and O–H groups in total. The van der Waals surface area contributed by atoms with E-state index in [1.165, 1.54) is 6.08 Å². The Balaban J connectivity index is 3.05. The Hall–Kier alpha value is -0.470. The number of isocyanates is 1. The maximum atomic E-state index is 10.3. The van der Waals surface area contributed by atoms with Gasteiger partial charge >= 0.3 is 0 Å². The monoisotopic (exact) mass is 205 g/mol. The number of hydrogen-bond acceptors (Lipinski definition) is 3. The van der Waals surface area contributed by atoms with Gasteiger partial charge in [0.15, 0.2) is 4.69 Å². The lowest BCUT2D eigenvalue weighted by Gasteiger charge is -1.89. The highest BCUT2D eigenvalue weighted by Crippen LogP contribution is 1.99. The lowest BCUT2D eigenvalue weighted by Crippen LogP contribution is -1.86. The average Bonchev–Trinajstić information content (AvgIpc) is 1.87. The number of nitrogens with zero attached hydrogens (tertiary/aromatic N) is 1. The van der Waals surface area contributed by atoms with Crippen molar-refractivity contribution in [3.05, 3.63) is 0 Å². The van der Waals surface area contributed by atoms with E-state index >= 15 is 0 Å². The zero-order valence-corrected chi connectivity index (χ0v) is 7.06. The Labute approximate surface area is 67.6 Å². The van der Waals surface area contributed by atoms with E-state index in [0.29, 0.717) is 13.0 Å². The van der Waals surface area contributed by atoms with Crippen LogP contribution in [-0.4, -0.2) is 17.3 Å². The first-order valence-electron chi connectivity index (χ1n) is 2.99. The Kier molecular flexibility index (Phi) is 6.33. The second-order valence-corrected chi connectivity index (χ2v) is 2.67. The fraction of sp³-hybridized carbons (Fsp3) is 0.667. The van der Waals surface area contributed by atoms with Gasteiger partial charge in [-0.05, 0) is 28.8 Å². The largest absolute Gasteiger partial charge is 0.287 e. The topological polar surface area (TPSA) is 46.5 Å². The molecule has 0 fully saturated rings. The lowest BCUT2D eigenvalue weighted by molar-refractivity contribution is -0.110. The number of halogens is 1. The third-order valence-electron chi connectivity index (χ3n) is 0.958. The van der Waals surface area contributed by atoms with Gasteiger partial charge in [0.25, 0.3) is 0 Å². The summed E-state index contributed by atoms with van der Waals surface area (Å²) in [6.07, 6.45) is 3.49. The van der Waals surface area contributed by atoms with Gasteiger partial charge in [-0.3, -0.25) is 4.79 Å². The minimum Gasteiger partial charge on any atom is -0.287 e. The highest BCUT2D eigenvalue weighted by molar-refractivity contribution is 9.18. The van der Waals surface area contributed by atoms with Gasteiger partial charge in [-0.25, -0.2) is 9.79 Å². The summed E-state index contributed by atoms with van der Waals surface area (Å²) in [7, 11) is 0. The molecule has 0 rings (SSSR count). The molecule has 0 aromatic carbocycles. The van der Waals surface area contributed by atoms with Gasteiger partial charge in [0.1, 0.15) is 0 Å². The first-order chi connectivity index (χ1) is 4.77. The van der Waals surface area contributed by atoms with Gasteiger partial charge < -0.3 is 0 Å². The molecule has 0 saturated heterocycles. The summed E-state index contributed by atoms with van der Waals surface area (Å²) in [5, 5.41) is 0. The predicted octanol–water partition coefficient (Wildman–Crippen LogP) is 1.41. The molecular weight excluding hydrogens is 198 g/mol. The third-order valence-corrected chi connectivity index (χ3v) is 1.35. The minimum atomic E-state index is 0.00239. The summed E-state index contributed by atoms with van der Waals surface area (Å²) in [6, 6.07) is 0. The van der Waals surface area contributed by atoms with Crippen LogP contribution in [0.2, 0.25) is 0 Å². The standard InChI is InChI=1S/C6H8BrNO2/c7-6(10)3-1-2-4-8-5-9/h1-4H2. The molecule has 0 saturated carbocycles. The number of rotatable bonds is 5. The highest BCUT2D eigenvalue weighted by Gasteiger charge is 1.93. The molecule has 0 radical (unpaired) electrons. The van der Waals surface area contributed by atoms with E-state index in [1.54, 1.807) is 0 Å². The van der Waals surface area contributed by atoms with Crippen LogP contribution in [0.5, 0.6) is 0 Å². The molecule has 0 aromatic heterocycles. The normalized spacial score (nSPS) is 8.50. The number of aliphatic imine (C=N–C) groups is 1. The van der Waals surface area contributed by atoms with Gasteiger partial charge in [0.05, 0.1) is 6.54 Å². The SMILES string of the molecule is O=C=NCCCCC(=O)Br. The van der Waals surface area contributed by atoms with E-state index in [4.69, 9.17) is 0 Å². The van der Waals surface area contributed by atoms with Crippen LogP contribution in [0, 0.1) is 0 Å². The van der Waals surface area contributed by atoms with Crippen molar-refractivity contribution in [2.45, 2.75) is 19.3 Å². The van der Waals surface area contributed by atoms with Crippen molar-refractivity contribution in [3.8, 4) is 0 Å². The van der Waals surface area contributed by atoms with Crippen LogP contribution in [0.3, 0.4) is 0 Å². The molecular formula is C6H8BrNO2. The Bertz CT molecular complexity index is 148. The second-order valence-electron chi connectivity index (χ2n) is 1.79. The third kappa shape index (κ3) is 7.53. The van der Waals surface area contributed by atoms with E-state index in [0.717, 1.165) is 12.8 Å². The summed E-state index contributed by atoms with van der Waals surface area (Å²) in [6.45, 7) is 0.476. The molecule has 3 nitrogen and oxygen atoms in total. The molecule has 4 heteroatoms. The first-order valence-corrected chi connectivity index (χ1v) is 3.78. The first kappa shape index (κ1) is 9.53. The molecule has 0 aliphatic carbocycles. The molecule has 0 unspecified atom stereocenters. The molecule has 0 spiro atoms. The summed E-state index contributed by atoms with van der Waals surface area (Å²) >= 11 is 2.80. The van der Waals surface area contributed by atoms with Crippen molar-refractivity contribution in [3.63, 3.8) is 0 Å². The van der Waals surface area contributed by atoms with Crippen LogP contribution >= 0.6 is 15.9 Å². The molecule has 0 bridgehead atoms. The van der Waals surface area contributed by atoms with Crippen molar-refractivity contribution in [1.29, 1.82) is 0 Å². The quantitative estimate of drug-likeness (QED) is 0.295. The fourth-order valence-electron chi connectivity index (χ4n) is 0.500. The van der Waals surface area contributed by atoms with Crippen molar-refractivity contribution in [2.75, 3.05) is 6.54 Å². The summed E-state index contributed by atoms with van der Waals surface area (Å²) in [5.41, 5.74) is 0. The molecule has 0 amide bonds. The van der Waals surface area contributed by atoms with Gasteiger partial charge in [-0.2, -0.15) is 0 Å². The van der Waals surface area contributed by atoms with Crippen molar-refractivity contribution >= 4 is 26.7 Å². The number of unbranched alkanes of at least 4 members (excludes halogenated alkanes) is 1. The Morgan fingerprint density at radius 3 is 2.70 bits per heavy atom. The predicted molar refractivity (Wildman–Crippen MR) is 40.8 cm³/mol. The smallest absolute Gasteiger partial charge is 0.234 e. The van der Waals surface area contributed by atoms with E-state index < -0.39 is 0 Å². The van der Waals surface area contributed by atoms with E-state index in [2.05, 4.69) is 20.9 Å². The molecule has 0 aliphatic heterocycles. The molecule has 10 heavy (non-hydrogen) atoms. The number of carbonyl (C=O) groups excluding carboxylic acids is 2. The highest BCUT2D eigenvalue weighted by atomic mass is 79.9. The zero-order chi connectivity index (χ0) is 7.82. The maximum Gasteiger partial charge on any atom is 0.234 e. The van der Waals surface area contributed by atoms with Gasteiger partial charge in [-0.15, -0.1) is 0 Å². The van der Waals surface area contributed by atoms with Crippen molar-refractivity contribution < 1.29 is 9.59 Å². The maximum absolute atomic E-state index is 10.3. The number of hydrogen-bond donors (Lipinski definition) is 0. The zero-order valence-electron chi connectivity index (χ0n) is 5.47. The lowest BCUT2D eigenvalue weighted by atomic mass is 10.2. The minimum absolute atomic E-state index is 0.00239. The van der Waals surface area contributed by atoms with Crippen LogP contribution in [0.25, 0.3) is 0 Å². The van der Waals surface area contributed by atoms with E-state index in [1.807, 2.05) is 0 Å². The van der Waals surface area contributed by atoms with Gasteiger partial charge in [0.2, 0.25) is 6.08 Å². The average molecular weight is 206 g/mol. The second kappa shape index (κ2) is 6.65. The Morgan fingerprint density at radius 2 is 2.20 bits per heavy atom. The van der Waals surface area contributed by atoms with Crippen LogP contribution in [0.15, 0.2) is 4.99 Å². The van der Waals surface area contributed by atoms with Crippen LogP contribution in [-0.2, 0) is 9.59 Å². The van der Waals surface area contributed by atoms with Gasteiger partial charge in [-0.1, -0.05) is 0 Å². The summed E-state index contributed by atoms with van der Waals surface area (Å²) in [4.78, 5) is 23.2. The van der Waals surface area contributed by atoms with Crippen molar-refractivity contribution in [1.82, 2.24) is 0 Å². The van der Waals surface area contributed by atoms with E-state index in [-0.39, 0.29) is 4.69 Å². The Morgan fingerprint density at radius 1 is 1.50 bits per heavy atom. The van der Waals surface area contributed by atoms with Crippen LogP contribution < -0.4 is 0 Å². The summed E-state index contributed by atoms with van der Waals surface area (Å²) in [5.74, 6) is 0. The molecule has 0 aliphatic rings. The van der Waals surface area contributed by atoms with Crippen molar-refractivity contribution in [2.24, 2.45) is 4.99 Å². The molecule has 0 atom stereocenters. The van der Waals surface area contributed by atoms with Crippen LogP contribution in [0.1, 0.15) is 19.3 Å². The van der Waals surface area contributed by atoms with Crippen LogP contribution in [0.4, 0.5) is 0 Å². The van der Waals surface area contributed by atoms with Gasteiger partial charge in [0, 0.05) is 6.42 Å². The fourth-order valence-corrected chi connectivity index (χ4v) is 0.781. The number of carbonyl (C=O) groups is 1. The summed E-state index contributed by atoms with van der Waals surface area (Å²) < 4.78 is 0.00239. The molecule has 0 heterocycles.